The second kappa shape index (κ2) is 12.5. The fraction of sp³-hybridized carbons (Fsp3) is 0.360. The third-order valence-electron chi connectivity index (χ3n) is 5.83. The van der Waals surface area contributed by atoms with E-state index in [1.165, 1.54) is 12.4 Å². The van der Waals surface area contributed by atoms with Crippen molar-refractivity contribution in [2.24, 2.45) is 0 Å². The van der Waals surface area contributed by atoms with Gasteiger partial charge in [0, 0.05) is 56.0 Å². The predicted molar refractivity (Wildman–Crippen MR) is 137 cm³/mol. The molecule has 3 amide bonds. The van der Waals surface area contributed by atoms with E-state index in [4.69, 9.17) is 9.47 Å². The van der Waals surface area contributed by atoms with Gasteiger partial charge in [-0.05, 0) is 31.9 Å². The van der Waals surface area contributed by atoms with Crippen LogP contribution in [0.3, 0.4) is 0 Å². The fourth-order valence-electron chi connectivity index (χ4n) is 3.90. The highest BCUT2D eigenvalue weighted by atomic mass is 16.5. The van der Waals surface area contributed by atoms with Gasteiger partial charge in [0.15, 0.2) is 5.82 Å². The minimum absolute atomic E-state index is 0.0349. The van der Waals surface area contributed by atoms with Crippen molar-refractivity contribution < 1.29 is 19.1 Å². The Bertz CT molecular complexity index is 1180. The maximum atomic E-state index is 12.8. The number of aromatic nitrogens is 4. The van der Waals surface area contributed by atoms with E-state index in [1.54, 1.807) is 48.7 Å². The van der Waals surface area contributed by atoms with Gasteiger partial charge >= 0.3 is 12.1 Å². The van der Waals surface area contributed by atoms with Crippen molar-refractivity contribution in [2.75, 3.05) is 42.3 Å². The van der Waals surface area contributed by atoms with E-state index < -0.39 is 6.09 Å². The topological polar surface area (TPSA) is 135 Å². The molecule has 0 bridgehead atoms. The summed E-state index contributed by atoms with van der Waals surface area (Å²) in [5, 5.41) is 5.51. The molecule has 1 aliphatic rings. The molecule has 4 rings (SSSR count). The summed E-state index contributed by atoms with van der Waals surface area (Å²) in [6.45, 7) is 3.87. The van der Waals surface area contributed by atoms with Gasteiger partial charge in [-0.3, -0.25) is 15.6 Å². The van der Waals surface area contributed by atoms with Crippen molar-refractivity contribution in [1.82, 2.24) is 24.8 Å². The second-order valence-corrected chi connectivity index (χ2v) is 8.42. The van der Waals surface area contributed by atoms with Crippen LogP contribution in [0, 0.1) is 0 Å². The fourth-order valence-corrected chi connectivity index (χ4v) is 3.90. The molecule has 0 radical (unpaired) electrons. The lowest BCUT2D eigenvalue weighted by Crippen LogP contribution is -2.50. The average Bonchev–Trinajstić information content (AvgIpc) is 2.93. The summed E-state index contributed by atoms with van der Waals surface area (Å²) in [7, 11) is 1.76. The first kappa shape index (κ1) is 25.6. The molecule has 1 saturated heterocycles. The molecule has 0 saturated carbocycles. The first-order valence-corrected chi connectivity index (χ1v) is 12.0. The molecule has 2 N–H and O–H groups in total. The van der Waals surface area contributed by atoms with E-state index in [-0.39, 0.29) is 18.7 Å². The second-order valence-electron chi connectivity index (χ2n) is 8.42. The number of ether oxygens (including phenoxy) is 2. The number of carbonyl (C=O) groups excluding carboxylic acids is 2. The van der Waals surface area contributed by atoms with Crippen molar-refractivity contribution >= 4 is 29.4 Å². The molecule has 0 unspecified atom stereocenters. The van der Waals surface area contributed by atoms with Crippen molar-refractivity contribution in [3.05, 3.63) is 60.8 Å². The molecule has 1 aliphatic heterocycles. The van der Waals surface area contributed by atoms with Crippen LogP contribution < -0.4 is 20.3 Å². The molecule has 12 nitrogen and oxygen atoms in total. The lowest BCUT2D eigenvalue weighted by Gasteiger charge is -2.38. The molecule has 4 heterocycles. The van der Waals surface area contributed by atoms with Crippen molar-refractivity contribution in [3.8, 4) is 5.88 Å². The minimum atomic E-state index is -0.564. The summed E-state index contributed by atoms with van der Waals surface area (Å²) < 4.78 is 10.5. The lowest BCUT2D eigenvalue weighted by molar-refractivity contribution is 0.155. The number of urea groups is 1. The van der Waals surface area contributed by atoms with Crippen LogP contribution in [0.4, 0.5) is 26.9 Å². The third-order valence-corrected chi connectivity index (χ3v) is 5.83. The van der Waals surface area contributed by atoms with Crippen LogP contribution in [0.25, 0.3) is 0 Å². The molecule has 37 heavy (non-hydrogen) atoms. The van der Waals surface area contributed by atoms with Crippen LogP contribution in [0.1, 0.15) is 25.3 Å². The van der Waals surface area contributed by atoms with Gasteiger partial charge < -0.3 is 19.3 Å². The predicted octanol–water partition coefficient (Wildman–Crippen LogP) is 3.55. The molecule has 0 aromatic carbocycles. The SMILES string of the molecule is CCOc1cnc(NC(=O)N(C)[C@@H]2CCCN(c3cc(NC(=O)OCc4cccnc4)ccn3)C2)cn1. The molecule has 1 atom stereocenters. The van der Waals surface area contributed by atoms with Gasteiger partial charge in [0.05, 0.1) is 25.0 Å². The summed E-state index contributed by atoms with van der Waals surface area (Å²) >= 11 is 0. The zero-order valence-electron chi connectivity index (χ0n) is 20.8. The normalized spacial score (nSPS) is 15.0. The van der Waals surface area contributed by atoms with Gasteiger partial charge in [-0.1, -0.05) is 6.07 Å². The monoisotopic (exact) mass is 506 g/mol. The minimum Gasteiger partial charge on any atom is -0.477 e. The number of nitrogens with one attached hydrogen (secondary N) is 2. The summed E-state index contributed by atoms with van der Waals surface area (Å²) in [4.78, 5) is 45.6. The maximum Gasteiger partial charge on any atom is 0.411 e. The zero-order chi connectivity index (χ0) is 26.0. The van der Waals surface area contributed by atoms with E-state index in [2.05, 4.69) is 35.5 Å². The number of hydrogen-bond acceptors (Lipinski definition) is 9. The molecule has 194 valence electrons. The quantitative estimate of drug-likeness (QED) is 0.470. The molecular formula is C25H30N8O4. The number of hydrogen-bond donors (Lipinski definition) is 2. The number of anilines is 3. The van der Waals surface area contributed by atoms with Crippen LogP contribution in [0.2, 0.25) is 0 Å². The highest BCUT2D eigenvalue weighted by molar-refractivity contribution is 5.88. The molecule has 12 heteroatoms. The van der Waals surface area contributed by atoms with Crippen LogP contribution in [-0.4, -0.2) is 69.7 Å². The Morgan fingerprint density at radius 2 is 2.03 bits per heavy atom. The Kier molecular flexibility index (Phi) is 8.63. The average molecular weight is 507 g/mol. The molecular weight excluding hydrogens is 476 g/mol. The van der Waals surface area contributed by atoms with Crippen LogP contribution >= 0.6 is 0 Å². The highest BCUT2D eigenvalue weighted by Crippen LogP contribution is 2.23. The first-order chi connectivity index (χ1) is 18.0. The Labute approximate surface area is 215 Å². The van der Waals surface area contributed by atoms with Gasteiger partial charge in [-0.25, -0.2) is 24.5 Å². The van der Waals surface area contributed by atoms with Crippen LogP contribution in [-0.2, 0) is 11.3 Å². The number of nitrogens with zero attached hydrogens (tertiary/aromatic N) is 6. The van der Waals surface area contributed by atoms with E-state index in [0.717, 1.165) is 24.9 Å². The first-order valence-electron chi connectivity index (χ1n) is 12.0. The number of rotatable bonds is 8. The van der Waals surface area contributed by atoms with Crippen LogP contribution in [0.15, 0.2) is 55.2 Å². The van der Waals surface area contributed by atoms with Gasteiger partial charge in [0.1, 0.15) is 12.4 Å². The number of pyridine rings is 2. The Morgan fingerprint density at radius 3 is 2.78 bits per heavy atom. The molecule has 0 spiro atoms. The Hall–Kier alpha value is -4.48. The van der Waals surface area contributed by atoms with Crippen molar-refractivity contribution in [1.29, 1.82) is 0 Å². The van der Waals surface area contributed by atoms with Crippen molar-refractivity contribution in [2.45, 2.75) is 32.4 Å². The number of piperidine rings is 1. The van der Waals surface area contributed by atoms with E-state index in [0.29, 0.717) is 36.4 Å². The van der Waals surface area contributed by atoms with Crippen LogP contribution in [0.5, 0.6) is 5.88 Å². The molecule has 1 fully saturated rings. The van der Waals surface area contributed by atoms with E-state index in [9.17, 15) is 9.59 Å². The Balaban J connectivity index is 1.31. The maximum absolute atomic E-state index is 12.8. The summed E-state index contributed by atoms with van der Waals surface area (Å²) in [5.74, 6) is 1.47. The van der Waals surface area contributed by atoms with Crippen molar-refractivity contribution in [3.63, 3.8) is 0 Å². The standard InChI is InChI=1S/C25H30N8O4/c1-3-36-23-15-28-21(14-29-23)31-24(34)32(2)20-7-5-11-33(16-20)22-12-19(8-10-27-22)30-25(35)37-17-18-6-4-9-26-13-18/h4,6,8-10,12-15,20H,3,5,7,11,16-17H2,1-2H3,(H,27,30,35)(H,28,31,34)/t20-/m1/s1. The van der Waals surface area contributed by atoms with Gasteiger partial charge in [0.2, 0.25) is 5.88 Å². The molecule has 3 aromatic heterocycles. The zero-order valence-corrected chi connectivity index (χ0v) is 20.8. The largest absolute Gasteiger partial charge is 0.477 e. The summed E-state index contributed by atoms with van der Waals surface area (Å²) in [6, 6.07) is 6.81. The summed E-state index contributed by atoms with van der Waals surface area (Å²) in [5.41, 5.74) is 1.37. The van der Waals surface area contributed by atoms with E-state index >= 15 is 0 Å². The third kappa shape index (κ3) is 7.26. The van der Waals surface area contributed by atoms with Gasteiger partial charge in [-0.15, -0.1) is 0 Å². The number of likely N-dealkylation sites (N-methyl/N-ethyl adjacent to an activating group) is 1. The Morgan fingerprint density at radius 1 is 1.14 bits per heavy atom. The highest BCUT2D eigenvalue weighted by Gasteiger charge is 2.27. The van der Waals surface area contributed by atoms with Gasteiger partial charge in [-0.2, -0.15) is 0 Å². The molecule has 3 aromatic rings. The number of amides is 3. The summed E-state index contributed by atoms with van der Waals surface area (Å²) in [6.07, 6.45) is 9.06. The smallest absolute Gasteiger partial charge is 0.411 e. The van der Waals surface area contributed by atoms with E-state index in [1.807, 2.05) is 13.0 Å². The lowest BCUT2D eigenvalue weighted by atomic mass is 10.0. The van der Waals surface area contributed by atoms with Gasteiger partial charge in [0.25, 0.3) is 0 Å². The molecule has 0 aliphatic carbocycles. The number of carbonyl (C=O) groups is 2.